The van der Waals surface area contributed by atoms with E-state index >= 15 is 0 Å². The van der Waals surface area contributed by atoms with Gasteiger partial charge in [0.25, 0.3) is 0 Å². The van der Waals surface area contributed by atoms with E-state index in [1.807, 2.05) is 24.3 Å². The molecular weight excluding hydrogens is 339 g/mol. The van der Waals surface area contributed by atoms with E-state index in [1.165, 1.54) is 6.07 Å². The number of hydrogen-bond acceptors (Lipinski definition) is 2. The van der Waals surface area contributed by atoms with Gasteiger partial charge in [0.05, 0.1) is 6.42 Å². The van der Waals surface area contributed by atoms with Crippen LogP contribution in [0.5, 0.6) is 0 Å². The summed E-state index contributed by atoms with van der Waals surface area (Å²) >= 11 is 5.86. The quantitative estimate of drug-likeness (QED) is 0.879. The average Bonchev–Trinajstić information content (AvgIpc) is 2.59. The fourth-order valence-electron chi connectivity index (χ4n) is 3.25. The molecule has 132 valence electrons. The van der Waals surface area contributed by atoms with Crippen molar-refractivity contribution in [3.8, 4) is 0 Å². The van der Waals surface area contributed by atoms with Crippen LogP contribution in [0, 0.1) is 5.82 Å². The molecule has 1 heterocycles. The molecule has 2 aromatic rings. The van der Waals surface area contributed by atoms with Crippen molar-refractivity contribution >= 4 is 17.5 Å². The number of nitrogens with zero attached hydrogens (tertiary/aromatic N) is 1. The molecule has 5 heteroatoms. The molecule has 0 unspecified atom stereocenters. The number of likely N-dealkylation sites (tertiary alicyclic amines) is 1. The third-order valence-electron chi connectivity index (χ3n) is 4.50. The Hall–Kier alpha value is -1.91. The van der Waals surface area contributed by atoms with Gasteiger partial charge in [-0.3, -0.25) is 9.69 Å². The van der Waals surface area contributed by atoms with Crippen molar-refractivity contribution in [2.75, 3.05) is 13.1 Å². The standard InChI is InChI=1S/C20H22ClFN2O/c21-17-9-7-15(8-10-17)12-20(25)23-18-5-3-11-24(14-18)13-16-4-1-2-6-19(16)22/h1-2,4,6-10,18H,3,5,11-14H2,(H,23,25)/t18-/m0/s1. The van der Waals surface area contributed by atoms with Gasteiger partial charge in [-0.1, -0.05) is 41.9 Å². The van der Waals surface area contributed by atoms with E-state index in [4.69, 9.17) is 11.6 Å². The number of piperidine rings is 1. The molecule has 3 nitrogen and oxygen atoms in total. The first-order chi connectivity index (χ1) is 12.1. The van der Waals surface area contributed by atoms with Gasteiger partial charge in [0, 0.05) is 29.7 Å². The Labute approximate surface area is 152 Å². The fourth-order valence-corrected chi connectivity index (χ4v) is 3.38. The Morgan fingerprint density at radius 3 is 2.72 bits per heavy atom. The maximum atomic E-state index is 13.8. The van der Waals surface area contributed by atoms with Gasteiger partial charge in [-0.25, -0.2) is 4.39 Å². The van der Waals surface area contributed by atoms with Gasteiger partial charge in [0.1, 0.15) is 5.82 Å². The summed E-state index contributed by atoms with van der Waals surface area (Å²) in [6.07, 6.45) is 2.31. The third-order valence-corrected chi connectivity index (χ3v) is 4.75. The van der Waals surface area contributed by atoms with Crippen LogP contribution in [0.4, 0.5) is 4.39 Å². The van der Waals surface area contributed by atoms with E-state index in [2.05, 4.69) is 10.2 Å². The van der Waals surface area contributed by atoms with Crippen molar-refractivity contribution in [1.29, 1.82) is 0 Å². The second-order valence-corrected chi connectivity index (χ2v) is 6.97. The Balaban J connectivity index is 1.52. The normalized spacial score (nSPS) is 18.1. The molecule has 25 heavy (non-hydrogen) atoms. The summed E-state index contributed by atoms with van der Waals surface area (Å²) in [5.41, 5.74) is 1.65. The zero-order chi connectivity index (χ0) is 17.6. The van der Waals surface area contributed by atoms with Crippen molar-refractivity contribution in [2.45, 2.75) is 31.8 Å². The summed E-state index contributed by atoms with van der Waals surface area (Å²) in [5, 5.41) is 3.77. The smallest absolute Gasteiger partial charge is 0.224 e. The molecule has 1 amide bonds. The van der Waals surface area contributed by atoms with Gasteiger partial charge < -0.3 is 5.32 Å². The van der Waals surface area contributed by atoms with E-state index in [1.54, 1.807) is 18.2 Å². The minimum absolute atomic E-state index is 0.0139. The summed E-state index contributed by atoms with van der Waals surface area (Å²) < 4.78 is 13.8. The van der Waals surface area contributed by atoms with Crippen molar-refractivity contribution < 1.29 is 9.18 Å². The topological polar surface area (TPSA) is 32.3 Å². The second-order valence-electron chi connectivity index (χ2n) is 6.54. The predicted octanol–water partition coefficient (Wildman–Crippen LogP) is 3.80. The Bertz CT molecular complexity index is 720. The number of halogens is 2. The molecule has 1 aliphatic heterocycles. The first-order valence-electron chi connectivity index (χ1n) is 8.60. The highest BCUT2D eigenvalue weighted by Gasteiger charge is 2.22. The molecule has 0 radical (unpaired) electrons. The van der Waals surface area contributed by atoms with Crippen molar-refractivity contribution in [3.63, 3.8) is 0 Å². The van der Waals surface area contributed by atoms with E-state index in [0.29, 0.717) is 23.6 Å². The highest BCUT2D eigenvalue weighted by molar-refractivity contribution is 6.30. The van der Waals surface area contributed by atoms with Crippen LogP contribution >= 0.6 is 11.6 Å². The SMILES string of the molecule is O=C(Cc1ccc(Cl)cc1)N[C@H]1CCCN(Cc2ccccc2F)C1. The van der Waals surface area contributed by atoms with Crippen molar-refractivity contribution in [3.05, 3.63) is 70.5 Å². The molecule has 1 atom stereocenters. The summed E-state index contributed by atoms with van der Waals surface area (Å²) in [6.45, 7) is 2.26. The number of benzene rings is 2. The van der Waals surface area contributed by atoms with Crippen LogP contribution in [-0.2, 0) is 17.8 Å². The molecule has 2 aromatic carbocycles. The van der Waals surface area contributed by atoms with Gasteiger partial charge in [-0.2, -0.15) is 0 Å². The molecule has 1 N–H and O–H groups in total. The van der Waals surface area contributed by atoms with Crippen LogP contribution in [0.15, 0.2) is 48.5 Å². The fraction of sp³-hybridized carbons (Fsp3) is 0.350. The lowest BCUT2D eigenvalue weighted by Gasteiger charge is -2.33. The first-order valence-corrected chi connectivity index (χ1v) is 8.97. The highest BCUT2D eigenvalue weighted by Crippen LogP contribution is 2.16. The highest BCUT2D eigenvalue weighted by atomic mass is 35.5. The molecule has 0 spiro atoms. The monoisotopic (exact) mass is 360 g/mol. The number of carbonyl (C=O) groups is 1. The molecule has 0 aromatic heterocycles. The maximum Gasteiger partial charge on any atom is 0.224 e. The van der Waals surface area contributed by atoms with Gasteiger partial charge >= 0.3 is 0 Å². The number of amides is 1. The number of carbonyl (C=O) groups excluding carboxylic acids is 1. The molecule has 1 aliphatic rings. The number of rotatable bonds is 5. The lowest BCUT2D eigenvalue weighted by molar-refractivity contribution is -0.121. The zero-order valence-corrected chi connectivity index (χ0v) is 14.8. The minimum Gasteiger partial charge on any atom is -0.352 e. The van der Waals surface area contributed by atoms with Crippen molar-refractivity contribution in [2.24, 2.45) is 0 Å². The Morgan fingerprint density at radius 1 is 1.20 bits per heavy atom. The average molecular weight is 361 g/mol. The molecular formula is C20H22ClFN2O. The molecule has 1 saturated heterocycles. The lowest BCUT2D eigenvalue weighted by atomic mass is 10.0. The van der Waals surface area contributed by atoms with Crippen LogP contribution in [0.3, 0.4) is 0 Å². The molecule has 0 aliphatic carbocycles. The zero-order valence-electron chi connectivity index (χ0n) is 14.1. The Morgan fingerprint density at radius 2 is 1.96 bits per heavy atom. The van der Waals surface area contributed by atoms with E-state index in [9.17, 15) is 9.18 Å². The molecule has 1 fully saturated rings. The van der Waals surface area contributed by atoms with Gasteiger partial charge in [0.15, 0.2) is 0 Å². The largest absolute Gasteiger partial charge is 0.352 e. The maximum absolute atomic E-state index is 13.8. The van der Waals surface area contributed by atoms with Crippen LogP contribution < -0.4 is 5.32 Å². The van der Waals surface area contributed by atoms with E-state index in [-0.39, 0.29) is 17.8 Å². The van der Waals surface area contributed by atoms with Crippen LogP contribution in [-0.4, -0.2) is 29.9 Å². The molecule has 3 rings (SSSR count). The van der Waals surface area contributed by atoms with E-state index < -0.39 is 0 Å². The summed E-state index contributed by atoms with van der Waals surface area (Å²) in [6, 6.07) is 14.3. The van der Waals surface area contributed by atoms with E-state index in [0.717, 1.165) is 31.5 Å². The minimum atomic E-state index is -0.170. The summed E-state index contributed by atoms with van der Waals surface area (Å²) in [5.74, 6) is -0.156. The van der Waals surface area contributed by atoms with Gasteiger partial charge in [0.2, 0.25) is 5.91 Å². The second kappa shape index (κ2) is 8.45. The van der Waals surface area contributed by atoms with Crippen LogP contribution in [0.25, 0.3) is 0 Å². The number of hydrogen-bond donors (Lipinski definition) is 1. The lowest BCUT2D eigenvalue weighted by Crippen LogP contribution is -2.47. The van der Waals surface area contributed by atoms with Crippen molar-refractivity contribution in [1.82, 2.24) is 10.2 Å². The third kappa shape index (κ3) is 5.28. The summed E-state index contributed by atoms with van der Waals surface area (Å²) in [4.78, 5) is 14.5. The number of nitrogens with one attached hydrogen (secondary N) is 1. The van der Waals surface area contributed by atoms with Crippen LogP contribution in [0.1, 0.15) is 24.0 Å². The molecule has 0 saturated carbocycles. The van der Waals surface area contributed by atoms with Gasteiger partial charge in [-0.05, 0) is 43.1 Å². The Kier molecular flexibility index (Phi) is 6.05. The molecule has 0 bridgehead atoms. The first kappa shape index (κ1) is 17.9. The van der Waals surface area contributed by atoms with Crippen LogP contribution in [0.2, 0.25) is 5.02 Å². The summed E-state index contributed by atoms with van der Waals surface area (Å²) in [7, 11) is 0. The van der Waals surface area contributed by atoms with Gasteiger partial charge in [-0.15, -0.1) is 0 Å². The predicted molar refractivity (Wildman–Crippen MR) is 98.0 cm³/mol.